The number of benzene rings is 3. The number of ether oxygens (including phenoxy) is 2. The molecule has 0 aliphatic carbocycles. The maximum atomic E-state index is 13.6. The Labute approximate surface area is 200 Å². The Hall–Kier alpha value is -3.64. The molecule has 0 saturated heterocycles. The molecule has 0 spiro atoms. The van der Waals surface area contributed by atoms with Gasteiger partial charge in [0.2, 0.25) is 0 Å². The summed E-state index contributed by atoms with van der Waals surface area (Å²) >= 11 is 0. The second-order valence-corrected chi connectivity index (χ2v) is 8.74. The molecular weight excluding hydrogens is 426 g/mol. The SMILES string of the molecule is COc1ccc(C2CC(c3cccc(OC)c3)=NN2C(=O)CN2CCc3ccccc3C2)cc1. The number of hydrazone groups is 1. The molecule has 3 aromatic carbocycles. The van der Waals surface area contributed by atoms with Gasteiger partial charge in [0.05, 0.1) is 32.5 Å². The van der Waals surface area contributed by atoms with Gasteiger partial charge in [-0.15, -0.1) is 0 Å². The third-order valence-electron chi connectivity index (χ3n) is 6.64. The van der Waals surface area contributed by atoms with Crippen molar-refractivity contribution in [3.8, 4) is 11.5 Å². The van der Waals surface area contributed by atoms with E-state index in [0.29, 0.717) is 13.0 Å². The molecule has 2 aliphatic rings. The van der Waals surface area contributed by atoms with Crippen molar-refractivity contribution in [3.63, 3.8) is 0 Å². The summed E-state index contributed by atoms with van der Waals surface area (Å²) in [5, 5.41) is 6.51. The molecule has 174 valence electrons. The summed E-state index contributed by atoms with van der Waals surface area (Å²) in [6.07, 6.45) is 1.61. The molecule has 34 heavy (non-hydrogen) atoms. The Morgan fingerprint density at radius 3 is 2.47 bits per heavy atom. The number of methoxy groups -OCH3 is 2. The van der Waals surface area contributed by atoms with Crippen molar-refractivity contribution in [2.75, 3.05) is 27.3 Å². The maximum absolute atomic E-state index is 13.6. The Kier molecular flexibility index (Phi) is 6.32. The van der Waals surface area contributed by atoms with Gasteiger partial charge in [0, 0.05) is 25.1 Å². The number of nitrogens with zero attached hydrogens (tertiary/aromatic N) is 3. The number of hydrogen-bond donors (Lipinski definition) is 0. The van der Waals surface area contributed by atoms with Crippen molar-refractivity contribution in [1.82, 2.24) is 9.91 Å². The highest BCUT2D eigenvalue weighted by Crippen LogP contribution is 2.34. The van der Waals surface area contributed by atoms with E-state index in [4.69, 9.17) is 14.6 Å². The van der Waals surface area contributed by atoms with Gasteiger partial charge in [0.25, 0.3) is 5.91 Å². The van der Waals surface area contributed by atoms with Crippen LogP contribution in [-0.2, 0) is 17.8 Å². The minimum absolute atomic E-state index is 0.0121. The molecule has 2 aliphatic heterocycles. The van der Waals surface area contributed by atoms with Crippen LogP contribution in [0.5, 0.6) is 11.5 Å². The molecule has 1 unspecified atom stereocenters. The third kappa shape index (κ3) is 4.54. The van der Waals surface area contributed by atoms with Crippen molar-refractivity contribution >= 4 is 11.6 Å². The zero-order valence-corrected chi connectivity index (χ0v) is 19.6. The van der Waals surface area contributed by atoms with Gasteiger partial charge in [-0.2, -0.15) is 5.10 Å². The van der Waals surface area contributed by atoms with E-state index in [1.54, 1.807) is 19.2 Å². The van der Waals surface area contributed by atoms with Crippen molar-refractivity contribution in [2.45, 2.75) is 25.4 Å². The van der Waals surface area contributed by atoms with Crippen LogP contribution in [0.2, 0.25) is 0 Å². The second kappa shape index (κ2) is 9.69. The van der Waals surface area contributed by atoms with Gasteiger partial charge in [-0.25, -0.2) is 5.01 Å². The molecule has 2 heterocycles. The summed E-state index contributed by atoms with van der Waals surface area (Å²) < 4.78 is 10.7. The Bertz CT molecular complexity index is 1210. The summed E-state index contributed by atoms with van der Waals surface area (Å²) in [4.78, 5) is 15.8. The number of carbonyl (C=O) groups is 1. The molecule has 1 amide bonds. The van der Waals surface area contributed by atoms with E-state index in [-0.39, 0.29) is 11.9 Å². The van der Waals surface area contributed by atoms with E-state index in [1.807, 2.05) is 48.5 Å². The van der Waals surface area contributed by atoms with E-state index in [2.05, 4.69) is 29.2 Å². The quantitative estimate of drug-likeness (QED) is 0.552. The lowest BCUT2D eigenvalue weighted by molar-refractivity contribution is -0.134. The monoisotopic (exact) mass is 455 g/mol. The smallest absolute Gasteiger partial charge is 0.257 e. The summed E-state index contributed by atoms with van der Waals surface area (Å²) in [5.41, 5.74) is 5.58. The minimum Gasteiger partial charge on any atom is -0.497 e. The molecule has 0 bridgehead atoms. The first kappa shape index (κ1) is 22.2. The first-order valence-electron chi connectivity index (χ1n) is 11.6. The van der Waals surface area contributed by atoms with E-state index < -0.39 is 0 Å². The third-order valence-corrected chi connectivity index (χ3v) is 6.64. The number of carbonyl (C=O) groups excluding carboxylic acids is 1. The number of amides is 1. The maximum Gasteiger partial charge on any atom is 0.257 e. The highest BCUT2D eigenvalue weighted by atomic mass is 16.5. The zero-order valence-electron chi connectivity index (χ0n) is 19.6. The van der Waals surface area contributed by atoms with Crippen LogP contribution in [-0.4, -0.2) is 48.8 Å². The summed E-state index contributed by atoms with van der Waals surface area (Å²) in [7, 11) is 3.31. The predicted octanol–water partition coefficient (Wildman–Crippen LogP) is 4.44. The van der Waals surface area contributed by atoms with Crippen molar-refractivity contribution in [2.24, 2.45) is 5.10 Å². The summed E-state index contributed by atoms with van der Waals surface area (Å²) in [5.74, 6) is 1.58. The van der Waals surface area contributed by atoms with E-state index in [0.717, 1.165) is 47.8 Å². The molecule has 6 nitrogen and oxygen atoms in total. The van der Waals surface area contributed by atoms with Crippen LogP contribution in [0.4, 0.5) is 0 Å². The number of fused-ring (bicyclic) bond motifs is 1. The Morgan fingerprint density at radius 1 is 0.941 bits per heavy atom. The molecule has 0 saturated carbocycles. The average Bonchev–Trinajstić information content (AvgIpc) is 3.34. The van der Waals surface area contributed by atoms with E-state index >= 15 is 0 Å². The molecule has 6 heteroatoms. The first-order valence-corrected chi connectivity index (χ1v) is 11.6. The van der Waals surface area contributed by atoms with Crippen molar-refractivity contribution < 1.29 is 14.3 Å². The highest BCUT2D eigenvalue weighted by molar-refractivity contribution is 6.03. The van der Waals surface area contributed by atoms with Crippen molar-refractivity contribution in [3.05, 3.63) is 95.1 Å². The van der Waals surface area contributed by atoms with Crippen molar-refractivity contribution in [1.29, 1.82) is 0 Å². The second-order valence-electron chi connectivity index (χ2n) is 8.74. The zero-order chi connectivity index (χ0) is 23.5. The van der Waals surface area contributed by atoms with Gasteiger partial charge in [-0.1, -0.05) is 48.5 Å². The molecule has 3 aromatic rings. The fourth-order valence-corrected chi connectivity index (χ4v) is 4.76. The van der Waals surface area contributed by atoms with Crippen LogP contribution >= 0.6 is 0 Å². The molecule has 0 N–H and O–H groups in total. The molecular formula is C28H29N3O3. The summed E-state index contributed by atoms with van der Waals surface area (Å²) in [6, 6.07) is 24.1. The van der Waals surface area contributed by atoms with Gasteiger partial charge in [-0.05, 0) is 47.4 Å². The first-order chi connectivity index (χ1) is 16.6. The van der Waals surface area contributed by atoms with Crippen LogP contribution < -0.4 is 9.47 Å². The standard InChI is InChI=1S/C28H29N3O3/c1-33-24-12-10-21(11-13-24)27-17-26(22-8-5-9-25(16-22)34-2)29-31(27)28(32)19-30-15-14-20-6-3-4-7-23(20)18-30/h3-13,16,27H,14-15,17-19H2,1-2H3. The molecule has 1 atom stereocenters. The topological polar surface area (TPSA) is 54.4 Å². The molecule has 0 radical (unpaired) electrons. The molecule has 5 rings (SSSR count). The van der Waals surface area contributed by atoms with Crippen LogP contribution in [0.15, 0.2) is 77.9 Å². The van der Waals surface area contributed by atoms with Crippen LogP contribution in [0.25, 0.3) is 0 Å². The number of hydrogen-bond acceptors (Lipinski definition) is 5. The lowest BCUT2D eigenvalue weighted by Crippen LogP contribution is -2.40. The predicted molar refractivity (Wildman–Crippen MR) is 132 cm³/mol. The minimum atomic E-state index is -0.156. The lowest BCUT2D eigenvalue weighted by Gasteiger charge is -2.30. The van der Waals surface area contributed by atoms with Gasteiger partial charge in [0.1, 0.15) is 11.5 Å². The Morgan fingerprint density at radius 2 is 1.71 bits per heavy atom. The fraction of sp³-hybridized carbons (Fsp3) is 0.286. The van der Waals surface area contributed by atoms with Crippen LogP contribution in [0.1, 0.15) is 34.7 Å². The van der Waals surface area contributed by atoms with Crippen LogP contribution in [0, 0.1) is 0 Å². The largest absolute Gasteiger partial charge is 0.497 e. The number of rotatable bonds is 6. The Balaban J connectivity index is 1.40. The van der Waals surface area contributed by atoms with Gasteiger partial charge in [-0.3, -0.25) is 9.69 Å². The highest BCUT2D eigenvalue weighted by Gasteiger charge is 2.34. The fourth-order valence-electron chi connectivity index (χ4n) is 4.76. The van der Waals surface area contributed by atoms with Gasteiger partial charge < -0.3 is 9.47 Å². The van der Waals surface area contributed by atoms with E-state index in [9.17, 15) is 4.79 Å². The lowest BCUT2D eigenvalue weighted by atomic mass is 9.98. The summed E-state index contributed by atoms with van der Waals surface area (Å²) in [6.45, 7) is 2.00. The van der Waals surface area contributed by atoms with Gasteiger partial charge in [0.15, 0.2) is 0 Å². The molecule has 0 fully saturated rings. The average molecular weight is 456 g/mol. The molecule has 0 aromatic heterocycles. The normalized spacial score (nSPS) is 17.8. The van der Waals surface area contributed by atoms with Crippen LogP contribution in [0.3, 0.4) is 0 Å². The van der Waals surface area contributed by atoms with E-state index in [1.165, 1.54) is 11.1 Å². The van der Waals surface area contributed by atoms with Gasteiger partial charge >= 0.3 is 0 Å².